The van der Waals surface area contributed by atoms with E-state index in [1.54, 1.807) is 23.3 Å². The van der Waals surface area contributed by atoms with E-state index in [1.807, 2.05) is 0 Å². The Balaban J connectivity index is 0.997. The number of hydrogen-bond donors (Lipinski definition) is 10. The first kappa shape index (κ1) is 96.7. The highest BCUT2D eigenvalue weighted by Crippen LogP contribution is 2.44. The lowest BCUT2D eigenvalue weighted by molar-refractivity contribution is -0.133. The van der Waals surface area contributed by atoms with E-state index in [2.05, 4.69) is 60.4 Å². The molecule has 8 aliphatic heterocycles. The minimum atomic E-state index is -4.32. The van der Waals surface area contributed by atoms with Crippen molar-refractivity contribution in [1.29, 1.82) is 0 Å². The molecule has 40 heteroatoms. The summed E-state index contributed by atoms with van der Waals surface area (Å²) < 4.78 is 86.2. The summed E-state index contributed by atoms with van der Waals surface area (Å²) in [5.41, 5.74) is 2.90. The monoisotopic (exact) mass is 1770 g/mol. The molecule has 10 N–H and O–H groups in total. The van der Waals surface area contributed by atoms with Crippen LogP contribution < -0.4 is 76.0 Å². The lowest BCUT2D eigenvalue weighted by Gasteiger charge is -2.31. The number of carbonyl (C=O) groups is 12. The Hall–Kier alpha value is -11.1. The molecule has 2 saturated heterocycles. The Bertz CT molecular complexity index is 4580. The highest BCUT2D eigenvalue weighted by molar-refractivity contribution is 7.99. The van der Waals surface area contributed by atoms with Gasteiger partial charge in [-0.25, -0.2) is 27.6 Å². The fraction of sp³-hybridized carbons (Fsp3) is 0.524. The number of unbranched alkanes of at least 4 members (excludes halogenated alkanes) is 2. The van der Waals surface area contributed by atoms with Crippen LogP contribution in [0.4, 0.5) is 32.3 Å². The molecule has 676 valence electrons. The first-order chi connectivity index (χ1) is 59.5. The summed E-state index contributed by atoms with van der Waals surface area (Å²) in [4.78, 5) is 174. The number of aliphatic hydroxyl groups excluding tert-OH is 1. The van der Waals surface area contributed by atoms with Gasteiger partial charge in [0.2, 0.25) is 57.3 Å². The van der Waals surface area contributed by atoms with Gasteiger partial charge in [0.25, 0.3) is 11.8 Å². The van der Waals surface area contributed by atoms with Crippen molar-refractivity contribution in [3.8, 4) is 23.0 Å². The second-order valence-electron chi connectivity index (χ2n) is 30.2. The van der Waals surface area contributed by atoms with Crippen LogP contribution in [0.2, 0.25) is 0 Å². The maximum Gasteiger partial charge on any atom is 0.416 e. The maximum absolute atomic E-state index is 14.6. The molecule has 0 aliphatic carbocycles. The number of nitrogens with zero attached hydrogens (tertiary/aromatic N) is 4. The second kappa shape index (κ2) is 47.6. The fourth-order valence-corrected chi connectivity index (χ4v) is 16.4. The smallest absolute Gasteiger partial charge is 0.416 e. The van der Waals surface area contributed by atoms with Crippen LogP contribution in [0.5, 0.6) is 23.0 Å². The van der Waals surface area contributed by atoms with E-state index in [9.17, 15) is 71.1 Å². The normalized spacial score (nSPS) is 21.3. The SMILES string of the molecule is C=C1C[C@H]2CN3C(=O)OCc4ccc(cc4)NC(=O)[C@H](CCCCNC(=O)CCOCCOC)NC(=O)[C@H](C)NC(=O)[C@H](NS(=O)(=O)CCSC)CC(=O)N[C@@H](C)C(=O)N[C@@H](CCCCNC(=O)CCOCCOC)C(=O)Nc4ccc(cc4)COC(=O)N4c5cc(c(OC)cc5C(=O)N5CC(=C)C[C@H]5C4O)OCCCOc4cc3c(cc4OC)C(=O)N2C1. The fourth-order valence-electron chi connectivity index (χ4n) is 14.1. The molecule has 8 heterocycles. The van der Waals surface area contributed by atoms with Gasteiger partial charge < -0.3 is 105 Å². The first-order valence-electron chi connectivity index (χ1n) is 40.9. The quantitative estimate of drug-likeness (QED) is 0.0267. The zero-order valence-corrected chi connectivity index (χ0v) is 72.5. The number of thioether (sulfide) groups is 1. The Morgan fingerprint density at radius 3 is 1.59 bits per heavy atom. The van der Waals surface area contributed by atoms with E-state index < -0.39 is 137 Å². The molecule has 0 aromatic heterocycles. The Kier molecular flexibility index (Phi) is 37.1. The summed E-state index contributed by atoms with van der Waals surface area (Å²) in [6.07, 6.45) is -0.749. The molecule has 124 heavy (non-hydrogen) atoms. The minimum absolute atomic E-state index is 0.00174. The summed E-state index contributed by atoms with van der Waals surface area (Å²) in [7, 11) is 1.48. The molecular formula is C84H113N13O25S2. The number of fused-ring (bicyclic) bond motifs is 2. The molecule has 4 aromatic rings. The van der Waals surface area contributed by atoms with Crippen molar-refractivity contribution in [2.45, 2.75) is 153 Å². The molecule has 0 spiro atoms. The number of benzene rings is 4. The number of nitrogens with one attached hydrogen (secondary N) is 9. The van der Waals surface area contributed by atoms with E-state index in [4.69, 9.17) is 47.4 Å². The maximum atomic E-state index is 14.6. The molecule has 0 saturated carbocycles. The number of carbonyl (C=O) groups excluding carboxylic acids is 12. The van der Waals surface area contributed by atoms with Crippen molar-refractivity contribution >= 4 is 116 Å². The Morgan fingerprint density at radius 1 is 0.573 bits per heavy atom. The number of hydrogen-bond acceptors (Lipinski definition) is 26. The van der Waals surface area contributed by atoms with Crippen LogP contribution in [-0.4, -0.2) is 275 Å². The Labute approximate surface area is 724 Å². The molecule has 1 unspecified atom stereocenters. The van der Waals surface area contributed by atoms with Gasteiger partial charge >= 0.3 is 12.2 Å². The van der Waals surface area contributed by atoms with Crippen LogP contribution in [0.1, 0.15) is 123 Å². The average Bonchev–Trinajstić information content (AvgIpc) is 1.56. The molecule has 8 aliphatic rings. The minimum Gasteiger partial charge on any atom is -0.493 e. The standard InChI is InChI=1S/C84H113N13O25S2/c1-51-39-59-48-96-65-44-70(68(115-7)41-60(65)80(106)94(59)46-51)119-29-14-30-120-71-45-66-61(42-69(71)116-8)81(107)95-47-52(2)40-67(95)82(108)97(66)84(110)122-50-56-19-23-58(24-20-56)89-77(103)62(15-10-12-27-85-72(98)25-31-117-35-33-113-5)91-75(101)53(3)87-74(100)43-64(93-124(111,112)38-37-123-9)79(105)88-54(4)76(102)92-63(16-11-13-28-86-73(99)26-32-118-36-34-114-6)78(104)90-57-21-17-55(18-22-57)49-121-83(96)109/h17-24,41-42,44-45,53-54,59,62-64,67,82,93,108H,1-2,10-16,25-40,43,46-50H2,3-9H3,(H,85,98)(H,86,99)(H,87,100)(H,88,105)(H,89,103)(H,90,104)(H,91,101)(H,92,102)/t53-,54-,59-,62-,63-,64+,67-,82?/m0/s1. The van der Waals surface area contributed by atoms with Crippen LogP contribution in [0.3, 0.4) is 0 Å². The van der Waals surface area contributed by atoms with Crippen LogP contribution in [-0.2, 0) is 90.0 Å². The third kappa shape index (κ3) is 27.9. The van der Waals surface area contributed by atoms with Crippen molar-refractivity contribution in [3.05, 3.63) is 119 Å². The third-order valence-electron chi connectivity index (χ3n) is 20.8. The van der Waals surface area contributed by atoms with Crippen LogP contribution in [0.25, 0.3) is 0 Å². The summed E-state index contributed by atoms with van der Waals surface area (Å²) in [6.45, 7) is 12.3. The number of methoxy groups -OCH3 is 4. The van der Waals surface area contributed by atoms with Crippen molar-refractivity contribution < 1.29 is 118 Å². The van der Waals surface area contributed by atoms with E-state index >= 15 is 0 Å². The molecular weight excluding hydrogens is 1660 g/mol. The van der Waals surface area contributed by atoms with Gasteiger partial charge in [-0.2, -0.15) is 11.8 Å². The highest BCUT2D eigenvalue weighted by Gasteiger charge is 2.47. The van der Waals surface area contributed by atoms with Crippen LogP contribution in [0, 0.1) is 0 Å². The van der Waals surface area contributed by atoms with Crippen molar-refractivity contribution in [2.75, 3.05) is 152 Å². The molecule has 8 atom stereocenters. The highest BCUT2D eigenvalue weighted by atomic mass is 32.2. The lowest BCUT2D eigenvalue weighted by atomic mass is 10.1. The summed E-state index contributed by atoms with van der Waals surface area (Å²) >= 11 is 1.19. The van der Waals surface area contributed by atoms with Gasteiger partial charge in [0.1, 0.15) is 43.4 Å². The van der Waals surface area contributed by atoms with E-state index in [-0.39, 0.29) is 192 Å². The zero-order valence-electron chi connectivity index (χ0n) is 70.8. The second-order valence-corrected chi connectivity index (χ2v) is 33.1. The predicted octanol–water partition coefficient (Wildman–Crippen LogP) is 4.31. The van der Waals surface area contributed by atoms with Gasteiger partial charge in [-0.1, -0.05) is 48.6 Å². The molecule has 2 fully saturated rings. The van der Waals surface area contributed by atoms with Crippen molar-refractivity contribution in [1.82, 2.24) is 46.4 Å². The molecule has 12 amide bonds. The van der Waals surface area contributed by atoms with Gasteiger partial charge in [-0.3, -0.25) is 52.8 Å². The molecule has 0 radical (unpaired) electrons. The average molecular weight is 1770 g/mol. The van der Waals surface area contributed by atoms with Gasteiger partial charge in [-0.15, -0.1) is 0 Å². The first-order valence-corrected chi connectivity index (χ1v) is 44.0. The van der Waals surface area contributed by atoms with Crippen molar-refractivity contribution in [2.24, 2.45) is 0 Å². The summed E-state index contributed by atoms with van der Waals surface area (Å²) in [6, 6.07) is 9.22. The van der Waals surface area contributed by atoms with E-state index in [0.717, 1.165) is 10.5 Å². The number of rotatable bonds is 29. The predicted molar refractivity (Wildman–Crippen MR) is 456 cm³/mol. The van der Waals surface area contributed by atoms with Crippen LogP contribution >= 0.6 is 11.8 Å². The molecule has 8 bridgehead atoms. The number of amides is 12. The van der Waals surface area contributed by atoms with Gasteiger partial charge in [0.15, 0.2) is 29.2 Å². The van der Waals surface area contributed by atoms with E-state index in [0.29, 0.717) is 62.4 Å². The zero-order chi connectivity index (χ0) is 89.6. The lowest BCUT2D eigenvalue weighted by Crippen LogP contribution is -2.57. The number of ether oxygens (including phenoxy) is 10. The Morgan fingerprint density at radius 2 is 1.06 bits per heavy atom. The van der Waals surface area contributed by atoms with E-state index in [1.165, 1.54) is 125 Å². The number of sulfonamides is 1. The molecule has 4 aromatic carbocycles. The molecule has 38 nitrogen and oxygen atoms in total. The van der Waals surface area contributed by atoms with Crippen molar-refractivity contribution in [3.63, 3.8) is 0 Å². The third-order valence-corrected chi connectivity index (χ3v) is 23.1. The van der Waals surface area contributed by atoms with Crippen LogP contribution in [0.15, 0.2) is 97.1 Å². The van der Waals surface area contributed by atoms with Gasteiger partial charge in [0, 0.05) is 88.9 Å². The number of aliphatic hydroxyl groups is 1. The van der Waals surface area contributed by atoms with Gasteiger partial charge in [-0.05, 0) is 119 Å². The largest absolute Gasteiger partial charge is 0.493 e. The number of anilines is 4. The topological polar surface area (TPSA) is 473 Å². The summed E-state index contributed by atoms with van der Waals surface area (Å²) in [5.74, 6) is -6.82. The van der Waals surface area contributed by atoms with Gasteiger partial charge in [0.05, 0.1) is 120 Å². The molecule has 12 rings (SSSR count). The summed E-state index contributed by atoms with van der Waals surface area (Å²) in [5, 5.41) is 33.6.